The highest BCUT2D eigenvalue weighted by atomic mass is 32.2. The Bertz CT molecular complexity index is 194. The van der Waals surface area contributed by atoms with Crippen molar-refractivity contribution in [2.45, 2.75) is 39.5 Å². The Kier molecular flexibility index (Phi) is 14.2. The number of hydrogen-bond acceptors (Lipinski definition) is 1. The molecule has 1 aromatic carbocycles. The Labute approximate surface area is 91.9 Å². The maximum Gasteiger partial charge on any atom is 0.123 e. The van der Waals surface area contributed by atoms with Gasteiger partial charge in [0.25, 0.3) is 0 Å². The third-order valence-corrected chi connectivity index (χ3v) is 2.02. The molecule has 82 valence electrons. The normalized spacial score (nSPS) is 7.86. The number of rotatable bonds is 2. The van der Waals surface area contributed by atoms with Crippen molar-refractivity contribution in [3.63, 3.8) is 0 Å². The van der Waals surface area contributed by atoms with Crippen LogP contribution in [0.1, 0.15) is 34.6 Å². The molecule has 0 N–H and O–H groups in total. The number of benzene rings is 1. The summed E-state index contributed by atoms with van der Waals surface area (Å²) in [7, 11) is 0. The van der Waals surface area contributed by atoms with Gasteiger partial charge in [0.1, 0.15) is 5.82 Å². The molecule has 0 saturated carbocycles. The van der Waals surface area contributed by atoms with E-state index in [0.717, 1.165) is 10.6 Å². The lowest BCUT2D eigenvalue weighted by molar-refractivity contribution is 0.626. The molecule has 0 radical (unpaired) electrons. The lowest BCUT2D eigenvalue weighted by Crippen LogP contribution is -1.74. The van der Waals surface area contributed by atoms with Crippen molar-refractivity contribution in [2.24, 2.45) is 0 Å². The van der Waals surface area contributed by atoms with Crippen LogP contribution in [0.5, 0.6) is 0 Å². The standard InChI is InChI=1S/C8H9FS.2C2H6/c1-2-10-8-5-3-7(9)4-6-8;2*1-2/h3-6H,2H2,1H3;2*1-2H3. The minimum absolute atomic E-state index is 0.166. The molecular weight excluding hydrogens is 195 g/mol. The van der Waals surface area contributed by atoms with Gasteiger partial charge in [-0.05, 0) is 30.0 Å². The maximum absolute atomic E-state index is 12.3. The van der Waals surface area contributed by atoms with Gasteiger partial charge in [0.15, 0.2) is 0 Å². The van der Waals surface area contributed by atoms with E-state index in [0.29, 0.717) is 0 Å². The molecule has 0 amide bonds. The fourth-order valence-electron chi connectivity index (χ4n) is 0.697. The Hall–Kier alpha value is -0.500. The molecule has 0 aliphatic heterocycles. The van der Waals surface area contributed by atoms with Gasteiger partial charge in [-0.2, -0.15) is 0 Å². The highest BCUT2D eigenvalue weighted by Crippen LogP contribution is 2.16. The molecule has 0 aromatic heterocycles. The SMILES string of the molecule is CC.CC.CCSc1ccc(F)cc1. The van der Waals surface area contributed by atoms with Crippen molar-refractivity contribution in [3.8, 4) is 0 Å². The molecule has 0 spiro atoms. The van der Waals surface area contributed by atoms with Gasteiger partial charge in [0.2, 0.25) is 0 Å². The first-order chi connectivity index (χ1) is 6.83. The highest BCUT2D eigenvalue weighted by molar-refractivity contribution is 7.99. The molecule has 0 saturated heterocycles. The van der Waals surface area contributed by atoms with E-state index in [1.165, 1.54) is 12.1 Å². The molecule has 1 rings (SSSR count). The third kappa shape index (κ3) is 8.11. The third-order valence-electron chi connectivity index (χ3n) is 1.12. The molecule has 1 aromatic rings. The minimum atomic E-state index is -0.166. The van der Waals surface area contributed by atoms with Gasteiger partial charge < -0.3 is 0 Å². The lowest BCUT2D eigenvalue weighted by atomic mass is 10.4. The van der Waals surface area contributed by atoms with E-state index in [-0.39, 0.29) is 5.82 Å². The second-order valence-corrected chi connectivity index (χ2v) is 3.22. The van der Waals surface area contributed by atoms with Crippen molar-refractivity contribution in [1.82, 2.24) is 0 Å². The Morgan fingerprint density at radius 3 is 1.79 bits per heavy atom. The molecule has 14 heavy (non-hydrogen) atoms. The molecular formula is C12H21FS. The first-order valence-corrected chi connectivity index (χ1v) is 6.20. The van der Waals surface area contributed by atoms with Gasteiger partial charge in [-0.3, -0.25) is 0 Å². The van der Waals surface area contributed by atoms with Gasteiger partial charge in [0.05, 0.1) is 0 Å². The summed E-state index contributed by atoms with van der Waals surface area (Å²) >= 11 is 1.72. The van der Waals surface area contributed by atoms with Crippen LogP contribution in [-0.2, 0) is 0 Å². The summed E-state index contributed by atoms with van der Waals surface area (Å²) in [6.07, 6.45) is 0. The molecule has 0 atom stereocenters. The topological polar surface area (TPSA) is 0 Å². The highest BCUT2D eigenvalue weighted by Gasteiger charge is 1.90. The minimum Gasteiger partial charge on any atom is -0.207 e. The van der Waals surface area contributed by atoms with Crippen molar-refractivity contribution in [2.75, 3.05) is 5.75 Å². The predicted molar refractivity (Wildman–Crippen MR) is 65.5 cm³/mol. The van der Waals surface area contributed by atoms with Crippen LogP contribution >= 0.6 is 11.8 Å². The Balaban J connectivity index is 0. The van der Waals surface area contributed by atoms with E-state index in [1.54, 1.807) is 23.9 Å². The van der Waals surface area contributed by atoms with Crippen LogP contribution < -0.4 is 0 Å². The summed E-state index contributed by atoms with van der Waals surface area (Å²) < 4.78 is 12.3. The van der Waals surface area contributed by atoms with E-state index < -0.39 is 0 Å². The molecule has 0 bridgehead atoms. The van der Waals surface area contributed by atoms with Crippen LogP contribution in [0.2, 0.25) is 0 Å². The lowest BCUT2D eigenvalue weighted by Gasteiger charge is -1.95. The second-order valence-electron chi connectivity index (χ2n) is 1.89. The molecule has 2 heteroatoms. The van der Waals surface area contributed by atoms with Crippen LogP contribution in [0.4, 0.5) is 4.39 Å². The average molecular weight is 216 g/mol. The summed E-state index contributed by atoms with van der Waals surface area (Å²) in [5, 5.41) is 0. The van der Waals surface area contributed by atoms with Gasteiger partial charge in [-0.15, -0.1) is 11.8 Å². The first-order valence-electron chi connectivity index (χ1n) is 5.21. The quantitative estimate of drug-likeness (QED) is 0.628. The van der Waals surface area contributed by atoms with Crippen LogP contribution in [0.25, 0.3) is 0 Å². The average Bonchev–Trinajstić information content (AvgIpc) is 2.28. The Morgan fingerprint density at radius 1 is 1.00 bits per heavy atom. The van der Waals surface area contributed by atoms with Crippen LogP contribution in [-0.4, -0.2) is 5.75 Å². The molecule has 0 unspecified atom stereocenters. The van der Waals surface area contributed by atoms with Crippen molar-refractivity contribution >= 4 is 11.8 Å². The van der Waals surface area contributed by atoms with Crippen molar-refractivity contribution < 1.29 is 4.39 Å². The largest absolute Gasteiger partial charge is 0.207 e. The molecule has 0 fully saturated rings. The molecule has 0 aliphatic carbocycles. The monoisotopic (exact) mass is 216 g/mol. The Morgan fingerprint density at radius 2 is 1.43 bits per heavy atom. The van der Waals surface area contributed by atoms with Crippen LogP contribution in [0.3, 0.4) is 0 Å². The molecule has 0 heterocycles. The number of hydrogen-bond donors (Lipinski definition) is 0. The van der Waals surface area contributed by atoms with E-state index in [4.69, 9.17) is 0 Å². The van der Waals surface area contributed by atoms with Crippen molar-refractivity contribution in [1.29, 1.82) is 0 Å². The van der Waals surface area contributed by atoms with Gasteiger partial charge >= 0.3 is 0 Å². The van der Waals surface area contributed by atoms with Gasteiger partial charge in [-0.1, -0.05) is 34.6 Å². The maximum atomic E-state index is 12.3. The predicted octanol–water partition coefficient (Wildman–Crippen LogP) is 4.99. The molecule has 0 nitrogen and oxygen atoms in total. The number of thioether (sulfide) groups is 1. The summed E-state index contributed by atoms with van der Waals surface area (Å²) in [5.74, 6) is 0.867. The fraction of sp³-hybridized carbons (Fsp3) is 0.500. The smallest absolute Gasteiger partial charge is 0.123 e. The zero-order valence-corrected chi connectivity index (χ0v) is 10.6. The zero-order chi connectivity index (χ0) is 11.4. The van der Waals surface area contributed by atoms with Crippen molar-refractivity contribution in [3.05, 3.63) is 30.1 Å². The summed E-state index contributed by atoms with van der Waals surface area (Å²) in [6.45, 7) is 10.1. The van der Waals surface area contributed by atoms with Gasteiger partial charge in [-0.25, -0.2) is 4.39 Å². The van der Waals surface area contributed by atoms with Crippen LogP contribution in [0, 0.1) is 5.82 Å². The van der Waals surface area contributed by atoms with E-state index in [2.05, 4.69) is 6.92 Å². The summed E-state index contributed by atoms with van der Waals surface area (Å²) in [4.78, 5) is 1.13. The van der Waals surface area contributed by atoms with E-state index in [9.17, 15) is 4.39 Å². The summed E-state index contributed by atoms with van der Waals surface area (Å²) in [6, 6.07) is 6.56. The zero-order valence-electron chi connectivity index (χ0n) is 9.80. The number of halogens is 1. The van der Waals surface area contributed by atoms with Crippen LogP contribution in [0.15, 0.2) is 29.2 Å². The van der Waals surface area contributed by atoms with E-state index >= 15 is 0 Å². The first kappa shape index (κ1) is 15.9. The second kappa shape index (κ2) is 12.5. The summed E-state index contributed by atoms with van der Waals surface area (Å²) in [5.41, 5.74) is 0. The fourth-order valence-corrected chi connectivity index (χ4v) is 1.36. The van der Waals surface area contributed by atoms with E-state index in [1.807, 2.05) is 27.7 Å². The molecule has 0 aliphatic rings. The van der Waals surface area contributed by atoms with Gasteiger partial charge in [0, 0.05) is 4.90 Å².